The molecule has 0 saturated carbocycles. The van der Waals surface area contributed by atoms with Crippen LogP contribution in [0.4, 0.5) is 0 Å². The number of aryl methyl sites for hydroxylation is 1. The molecule has 2 heterocycles. The number of benzene rings is 1. The molecule has 2 aliphatic rings. The average Bonchev–Trinajstić information content (AvgIpc) is 3.05. The lowest BCUT2D eigenvalue weighted by atomic mass is 9.78. The van der Waals surface area contributed by atoms with E-state index in [0.29, 0.717) is 12.3 Å². The van der Waals surface area contributed by atoms with Gasteiger partial charge in [0.1, 0.15) is 0 Å². The molecule has 0 N–H and O–H groups in total. The summed E-state index contributed by atoms with van der Waals surface area (Å²) in [5.41, 5.74) is 1.02. The monoisotopic (exact) mass is 360 g/mol. The number of nitrogens with zero attached hydrogens (tertiary/aromatic N) is 2. The molecule has 1 spiro atoms. The summed E-state index contributed by atoms with van der Waals surface area (Å²) in [6.45, 7) is 3.06. The minimum Gasteiger partial charge on any atom is -0.342 e. The largest absolute Gasteiger partial charge is 0.342 e. The maximum atomic E-state index is 13.1. The van der Waals surface area contributed by atoms with Crippen molar-refractivity contribution in [2.45, 2.75) is 32.1 Å². The number of likely N-dealkylation sites (tertiary alicyclic amines) is 2. The van der Waals surface area contributed by atoms with Crippen molar-refractivity contribution in [2.75, 3.05) is 38.2 Å². The number of carbonyl (C=O) groups excluding carboxylic acids is 2. The van der Waals surface area contributed by atoms with Crippen molar-refractivity contribution in [1.29, 1.82) is 0 Å². The molecular weight excluding hydrogens is 332 g/mol. The average molecular weight is 361 g/mol. The molecule has 0 radical (unpaired) electrons. The van der Waals surface area contributed by atoms with E-state index >= 15 is 0 Å². The second-order valence-corrected chi connectivity index (χ2v) is 8.13. The molecule has 1 aromatic carbocycles. The Labute approximate surface area is 154 Å². The van der Waals surface area contributed by atoms with Crippen LogP contribution in [0.2, 0.25) is 0 Å². The Morgan fingerprint density at radius 2 is 2.00 bits per heavy atom. The number of carbonyl (C=O) groups is 2. The zero-order valence-corrected chi connectivity index (χ0v) is 15.9. The molecule has 3 rings (SSSR count). The quantitative estimate of drug-likeness (QED) is 0.783. The Morgan fingerprint density at radius 1 is 1.20 bits per heavy atom. The van der Waals surface area contributed by atoms with E-state index in [-0.39, 0.29) is 17.2 Å². The highest BCUT2D eigenvalue weighted by molar-refractivity contribution is 7.99. The first-order chi connectivity index (χ1) is 12.1. The molecule has 0 unspecified atom stereocenters. The van der Waals surface area contributed by atoms with Gasteiger partial charge in [0.2, 0.25) is 11.8 Å². The third-order valence-corrected chi connectivity index (χ3v) is 6.07. The molecule has 2 aliphatic heterocycles. The highest BCUT2D eigenvalue weighted by Gasteiger charge is 2.49. The van der Waals surface area contributed by atoms with Crippen molar-refractivity contribution in [3.05, 3.63) is 35.9 Å². The Morgan fingerprint density at radius 3 is 2.76 bits per heavy atom. The predicted molar refractivity (Wildman–Crippen MR) is 103 cm³/mol. The summed E-state index contributed by atoms with van der Waals surface area (Å²) in [6, 6.07) is 10.5. The summed E-state index contributed by atoms with van der Waals surface area (Å²) in [7, 11) is 0. The van der Waals surface area contributed by atoms with Gasteiger partial charge in [0, 0.05) is 26.2 Å². The molecular formula is C20H28N2O2S. The van der Waals surface area contributed by atoms with E-state index in [1.807, 2.05) is 17.2 Å². The fourth-order valence-corrected chi connectivity index (χ4v) is 4.59. The zero-order valence-electron chi connectivity index (χ0n) is 15.1. The summed E-state index contributed by atoms with van der Waals surface area (Å²) < 4.78 is 0. The maximum absolute atomic E-state index is 13.1. The van der Waals surface area contributed by atoms with Gasteiger partial charge in [0.05, 0.1) is 11.2 Å². The first-order valence-electron chi connectivity index (χ1n) is 9.25. The zero-order chi connectivity index (χ0) is 17.7. The number of amides is 2. The van der Waals surface area contributed by atoms with Crippen LogP contribution in [0, 0.1) is 5.41 Å². The summed E-state index contributed by atoms with van der Waals surface area (Å²) in [5, 5.41) is 0. The molecule has 0 aromatic heterocycles. The molecule has 2 amide bonds. The molecule has 0 bridgehead atoms. The normalized spacial score (nSPS) is 23.5. The molecule has 2 fully saturated rings. The second kappa shape index (κ2) is 8.26. The summed E-state index contributed by atoms with van der Waals surface area (Å²) in [5.74, 6) is 0.982. The smallest absolute Gasteiger partial charge is 0.232 e. The number of rotatable bonds is 6. The van der Waals surface area contributed by atoms with Crippen LogP contribution in [0.3, 0.4) is 0 Å². The van der Waals surface area contributed by atoms with Crippen LogP contribution in [-0.2, 0) is 16.0 Å². The Bertz CT molecular complexity index is 607. The molecule has 0 aliphatic carbocycles. The van der Waals surface area contributed by atoms with Crippen LogP contribution in [0.5, 0.6) is 0 Å². The van der Waals surface area contributed by atoms with Crippen molar-refractivity contribution < 1.29 is 9.59 Å². The first kappa shape index (κ1) is 18.3. The predicted octanol–water partition coefficient (Wildman–Crippen LogP) is 2.82. The SMILES string of the molecule is CSCC(=O)N1CC[C@@]2(CCCN(CCCc3ccccc3)C2=O)C1. The lowest BCUT2D eigenvalue weighted by molar-refractivity contribution is -0.146. The van der Waals surface area contributed by atoms with Crippen LogP contribution < -0.4 is 0 Å². The summed E-state index contributed by atoms with van der Waals surface area (Å²) >= 11 is 1.56. The Balaban J connectivity index is 1.55. The number of hydrogen-bond donors (Lipinski definition) is 0. The van der Waals surface area contributed by atoms with Gasteiger partial charge in [-0.05, 0) is 43.9 Å². The molecule has 1 atom stereocenters. The fourth-order valence-electron chi connectivity index (χ4n) is 4.16. The van der Waals surface area contributed by atoms with Crippen LogP contribution in [0.15, 0.2) is 30.3 Å². The van der Waals surface area contributed by atoms with E-state index in [1.165, 1.54) is 5.56 Å². The first-order valence-corrected chi connectivity index (χ1v) is 10.6. The highest BCUT2D eigenvalue weighted by atomic mass is 32.2. The van der Waals surface area contributed by atoms with Crippen molar-refractivity contribution >= 4 is 23.6 Å². The Hall–Kier alpha value is -1.49. The number of piperidine rings is 1. The standard InChI is InChI=1S/C20H28N2O2S/c1-25-15-18(23)22-14-11-20(16-22)10-6-13-21(19(20)24)12-5-9-17-7-3-2-4-8-17/h2-4,7-8H,5-6,9-16H2,1H3/t20-/m0/s1. The van der Waals surface area contributed by atoms with Crippen molar-refractivity contribution in [3.8, 4) is 0 Å². The minimum atomic E-state index is -0.306. The Kier molecular flexibility index (Phi) is 6.05. The summed E-state index contributed by atoms with van der Waals surface area (Å²) in [6.07, 6.45) is 6.79. The number of hydrogen-bond acceptors (Lipinski definition) is 3. The van der Waals surface area contributed by atoms with Crippen molar-refractivity contribution in [2.24, 2.45) is 5.41 Å². The van der Waals surface area contributed by atoms with Gasteiger partial charge in [0.15, 0.2) is 0 Å². The second-order valence-electron chi connectivity index (χ2n) is 7.26. The van der Waals surface area contributed by atoms with E-state index in [4.69, 9.17) is 0 Å². The van der Waals surface area contributed by atoms with Gasteiger partial charge in [-0.2, -0.15) is 11.8 Å². The van der Waals surface area contributed by atoms with Crippen molar-refractivity contribution in [1.82, 2.24) is 9.80 Å². The molecule has 25 heavy (non-hydrogen) atoms. The molecule has 4 nitrogen and oxygen atoms in total. The molecule has 2 saturated heterocycles. The van der Waals surface area contributed by atoms with Gasteiger partial charge in [-0.25, -0.2) is 0 Å². The van der Waals surface area contributed by atoms with Gasteiger partial charge in [-0.3, -0.25) is 9.59 Å². The molecule has 1 aromatic rings. The van der Waals surface area contributed by atoms with Crippen LogP contribution in [0.25, 0.3) is 0 Å². The van der Waals surface area contributed by atoms with Gasteiger partial charge < -0.3 is 9.80 Å². The summed E-state index contributed by atoms with van der Waals surface area (Å²) in [4.78, 5) is 29.2. The van der Waals surface area contributed by atoms with E-state index in [1.54, 1.807) is 11.8 Å². The lowest BCUT2D eigenvalue weighted by Gasteiger charge is -2.39. The maximum Gasteiger partial charge on any atom is 0.232 e. The lowest BCUT2D eigenvalue weighted by Crippen LogP contribution is -2.50. The van der Waals surface area contributed by atoms with E-state index in [2.05, 4.69) is 29.2 Å². The van der Waals surface area contributed by atoms with E-state index < -0.39 is 0 Å². The van der Waals surface area contributed by atoms with Crippen LogP contribution >= 0.6 is 11.8 Å². The topological polar surface area (TPSA) is 40.6 Å². The van der Waals surface area contributed by atoms with E-state index in [9.17, 15) is 9.59 Å². The van der Waals surface area contributed by atoms with Gasteiger partial charge >= 0.3 is 0 Å². The van der Waals surface area contributed by atoms with E-state index in [0.717, 1.165) is 51.7 Å². The third kappa shape index (κ3) is 4.20. The van der Waals surface area contributed by atoms with Gasteiger partial charge in [0.25, 0.3) is 0 Å². The molecule has 136 valence electrons. The van der Waals surface area contributed by atoms with Crippen LogP contribution in [0.1, 0.15) is 31.2 Å². The third-order valence-electron chi connectivity index (χ3n) is 5.53. The molecule has 5 heteroatoms. The van der Waals surface area contributed by atoms with Crippen molar-refractivity contribution in [3.63, 3.8) is 0 Å². The fraction of sp³-hybridized carbons (Fsp3) is 0.600. The number of thioether (sulfide) groups is 1. The van der Waals surface area contributed by atoms with Crippen LogP contribution in [-0.4, -0.2) is 59.8 Å². The van der Waals surface area contributed by atoms with Gasteiger partial charge in [-0.1, -0.05) is 30.3 Å². The highest BCUT2D eigenvalue weighted by Crippen LogP contribution is 2.40. The van der Waals surface area contributed by atoms with Gasteiger partial charge in [-0.15, -0.1) is 0 Å². The minimum absolute atomic E-state index is 0.179.